The van der Waals surface area contributed by atoms with Crippen molar-refractivity contribution >= 4 is 17.5 Å². The van der Waals surface area contributed by atoms with Gasteiger partial charge in [-0.1, -0.05) is 12.1 Å². The van der Waals surface area contributed by atoms with Crippen LogP contribution in [0.2, 0.25) is 0 Å². The van der Waals surface area contributed by atoms with E-state index in [9.17, 15) is 14.9 Å². The summed E-state index contributed by atoms with van der Waals surface area (Å²) in [6, 6.07) is 11.1. The van der Waals surface area contributed by atoms with Crippen LogP contribution in [-0.2, 0) is 11.3 Å². The van der Waals surface area contributed by atoms with E-state index >= 15 is 0 Å². The molecule has 2 rings (SSSR count). The number of nitro groups is 1. The molecule has 8 heteroatoms. The van der Waals surface area contributed by atoms with Gasteiger partial charge in [0.1, 0.15) is 23.8 Å². The highest BCUT2D eigenvalue weighted by molar-refractivity contribution is 5.88. The van der Waals surface area contributed by atoms with Crippen molar-refractivity contribution in [1.29, 1.82) is 0 Å². The van der Waals surface area contributed by atoms with Gasteiger partial charge in [-0.25, -0.2) is 4.79 Å². The average molecular weight is 332 g/mol. The summed E-state index contributed by atoms with van der Waals surface area (Å²) >= 11 is 0. The molecule has 1 amide bonds. The second kappa shape index (κ2) is 7.82. The number of nitro benzene ring substituents is 1. The van der Waals surface area contributed by atoms with E-state index in [0.717, 1.165) is 5.56 Å². The van der Waals surface area contributed by atoms with Crippen molar-refractivity contribution in [3.63, 3.8) is 0 Å². The van der Waals surface area contributed by atoms with E-state index in [1.807, 2.05) is 0 Å². The summed E-state index contributed by atoms with van der Waals surface area (Å²) in [6.07, 6.45) is -0.793. The maximum absolute atomic E-state index is 11.8. The molecule has 0 atom stereocenters. The van der Waals surface area contributed by atoms with E-state index in [-0.39, 0.29) is 18.0 Å². The first-order valence-corrected chi connectivity index (χ1v) is 6.92. The minimum atomic E-state index is -0.793. The third-order valence-electron chi connectivity index (χ3n) is 3.17. The second-order valence-corrected chi connectivity index (χ2v) is 4.69. The van der Waals surface area contributed by atoms with E-state index in [1.165, 1.54) is 25.3 Å². The Kier molecular flexibility index (Phi) is 5.56. The third-order valence-corrected chi connectivity index (χ3v) is 3.17. The Hall–Kier alpha value is -3.29. The number of anilines is 1. The standard InChI is InChI=1S/C16H16N2O6/c1-22-12-5-3-11(4-6-12)10-24-16(19)17-14-8-7-13(23-2)9-15(14)18(20)21/h3-9H,10H2,1-2H3,(H,17,19). The zero-order valence-electron chi connectivity index (χ0n) is 13.1. The molecular weight excluding hydrogens is 316 g/mol. The van der Waals surface area contributed by atoms with Crippen LogP contribution in [0, 0.1) is 10.1 Å². The van der Waals surface area contributed by atoms with Gasteiger partial charge in [0.05, 0.1) is 25.2 Å². The number of nitrogens with zero attached hydrogens (tertiary/aromatic N) is 1. The van der Waals surface area contributed by atoms with Crippen LogP contribution in [0.5, 0.6) is 11.5 Å². The Morgan fingerprint density at radius 3 is 2.29 bits per heavy atom. The summed E-state index contributed by atoms with van der Waals surface area (Å²) in [5.41, 5.74) is 0.506. The summed E-state index contributed by atoms with van der Waals surface area (Å²) in [6.45, 7) is 0.0276. The molecule has 1 N–H and O–H groups in total. The molecule has 0 radical (unpaired) electrons. The van der Waals surface area contributed by atoms with Crippen molar-refractivity contribution in [2.75, 3.05) is 19.5 Å². The third kappa shape index (κ3) is 4.35. The SMILES string of the molecule is COc1ccc(COC(=O)Nc2ccc(OC)cc2[N+](=O)[O-])cc1. The molecular formula is C16H16N2O6. The molecule has 0 heterocycles. The number of hydrogen-bond donors (Lipinski definition) is 1. The van der Waals surface area contributed by atoms with Gasteiger partial charge in [-0.15, -0.1) is 0 Å². The molecule has 0 saturated carbocycles. The lowest BCUT2D eigenvalue weighted by atomic mass is 10.2. The fourth-order valence-electron chi connectivity index (χ4n) is 1.91. The number of amides is 1. The topological polar surface area (TPSA) is 99.9 Å². The van der Waals surface area contributed by atoms with Gasteiger partial charge in [0.15, 0.2) is 0 Å². The number of hydrogen-bond acceptors (Lipinski definition) is 6. The first-order valence-electron chi connectivity index (χ1n) is 6.92. The molecule has 0 fully saturated rings. The normalized spacial score (nSPS) is 9.92. The van der Waals surface area contributed by atoms with Crippen LogP contribution in [0.15, 0.2) is 42.5 Å². The predicted octanol–water partition coefficient (Wildman–Crippen LogP) is 3.36. The largest absolute Gasteiger partial charge is 0.497 e. The Balaban J connectivity index is 2.00. The van der Waals surface area contributed by atoms with Gasteiger partial charge in [0, 0.05) is 0 Å². The van der Waals surface area contributed by atoms with Crippen LogP contribution in [-0.4, -0.2) is 25.2 Å². The maximum Gasteiger partial charge on any atom is 0.412 e. The second-order valence-electron chi connectivity index (χ2n) is 4.69. The van der Waals surface area contributed by atoms with Crippen molar-refractivity contribution in [3.8, 4) is 11.5 Å². The van der Waals surface area contributed by atoms with Crippen molar-refractivity contribution in [2.24, 2.45) is 0 Å². The molecule has 24 heavy (non-hydrogen) atoms. The van der Waals surface area contributed by atoms with Crippen LogP contribution < -0.4 is 14.8 Å². The number of methoxy groups -OCH3 is 2. The molecule has 0 aromatic heterocycles. The van der Waals surface area contributed by atoms with Crippen molar-refractivity contribution < 1.29 is 23.9 Å². The lowest BCUT2D eigenvalue weighted by Crippen LogP contribution is -2.14. The Morgan fingerprint density at radius 1 is 1.08 bits per heavy atom. The molecule has 0 unspecified atom stereocenters. The Labute approximate surface area is 138 Å². The molecule has 0 aliphatic heterocycles. The van der Waals surface area contributed by atoms with E-state index in [2.05, 4.69) is 5.32 Å². The molecule has 0 spiro atoms. The van der Waals surface area contributed by atoms with Crippen LogP contribution in [0.1, 0.15) is 5.56 Å². The Morgan fingerprint density at radius 2 is 1.71 bits per heavy atom. The van der Waals surface area contributed by atoms with Crippen LogP contribution in [0.3, 0.4) is 0 Å². The summed E-state index contributed by atoms with van der Waals surface area (Å²) in [5, 5.41) is 13.4. The number of rotatable bonds is 6. The van der Waals surface area contributed by atoms with Gasteiger partial charge < -0.3 is 14.2 Å². The quantitative estimate of drug-likeness (QED) is 0.643. The van der Waals surface area contributed by atoms with Gasteiger partial charge in [-0.3, -0.25) is 15.4 Å². The first-order chi connectivity index (χ1) is 11.5. The number of carbonyl (C=O) groups is 1. The highest BCUT2D eigenvalue weighted by atomic mass is 16.6. The van der Waals surface area contributed by atoms with Crippen LogP contribution in [0.25, 0.3) is 0 Å². The maximum atomic E-state index is 11.8. The van der Waals surface area contributed by atoms with Gasteiger partial charge in [0.2, 0.25) is 0 Å². The van der Waals surface area contributed by atoms with Gasteiger partial charge in [-0.05, 0) is 29.8 Å². The van der Waals surface area contributed by atoms with Crippen molar-refractivity contribution in [1.82, 2.24) is 0 Å². The fraction of sp³-hybridized carbons (Fsp3) is 0.188. The molecule has 2 aromatic carbocycles. The number of ether oxygens (including phenoxy) is 3. The number of nitrogens with one attached hydrogen (secondary N) is 1. The van der Waals surface area contributed by atoms with Gasteiger partial charge in [-0.2, -0.15) is 0 Å². The molecule has 0 aliphatic rings. The van der Waals surface area contributed by atoms with E-state index in [1.54, 1.807) is 31.4 Å². The molecule has 2 aromatic rings. The molecule has 8 nitrogen and oxygen atoms in total. The number of benzene rings is 2. The summed E-state index contributed by atoms with van der Waals surface area (Å²) < 4.78 is 15.0. The minimum Gasteiger partial charge on any atom is -0.497 e. The lowest BCUT2D eigenvalue weighted by molar-refractivity contribution is -0.384. The molecule has 0 bridgehead atoms. The first kappa shape index (κ1) is 17.1. The highest BCUT2D eigenvalue weighted by Crippen LogP contribution is 2.29. The summed E-state index contributed by atoms with van der Waals surface area (Å²) in [5.74, 6) is 1.01. The van der Waals surface area contributed by atoms with Crippen molar-refractivity contribution in [2.45, 2.75) is 6.61 Å². The van der Waals surface area contributed by atoms with Gasteiger partial charge >= 0.3 is 6.09 Å². The summed E-state index contributed by atoms with van der Waals surface area (Å²) in [4.78, 5) is 22.3. The lowest BCUT2D eigenvalue weighted by Gasteiger charge is -2.09. The summed E-state index contributed by atoms with van der Waals surface area (Å²) in [7, 11) is 2.95. The monoisotopic (exact) mass is 332 g/mol. The van der Waals surface area contributed by atoms with E-state index < -0.39 is 11.0 Å². The zero-order valence-corrected chi connectivity index (χ0v) is 13.1. The molecule has 0 aliphatic carbocycles. The molecule has 0 saturated heterocycles. The van der Waals surface area contributed by atoms with Gasteiger partial charge in [0.25, 0.3) is 5.69 Å². The number of carbonyl (C=O) groups excluding carboxylic acids is 1. The van der Waals surface area contributed by atoms with E-state index in [4.69, 9.17) is 14.2 Å². The minimum absolute atomic E-state index is 0.0276. The van der Waals surface area contributed by atoms with Crippen LogP contribution >= 0.6 is 0 Å². The highest BCUT2D eigenvalue weighted by Gasteiger charge is 2.17. The van der Waals surface area contributed by atoms with Crippen molar-refractivity contribution in [3.05, 3.63) is 58.1 Å². The zero-order chi connectivity index (χ0) is 17.5. The smallest absolute Gasteiger partial charge is 0.412 e. The van der Waals surface area contributed by atoms with E-state index in [0.29, 0.717) is 11.5 Å². The predicted molar refractivity (Wildman–Crippen MR) is 86.5 cm³/mol. The molecule has 126 valence electrons. The van der Waals surface area contributed by atoms with Crippen LogP contribution in [0.4, 0.5) is 16.2 Å². The average Bonchev–Trinajstić information content (AvgIpc) is 2.60. The Bertz CT molecular complexity index is 730. The fourth-order valence-corrected chi connectivity index (χ4v) is 1.91.